The number of fused-ring (bicyclic) bond motifs is 3. The van der Waals surface area contributed by atoms with Crippen LogP contribution in [0.15, 0.2) is 42.5 Å². The van der Waals surface area contributed by atoms with Gasteiger partial charge in [-0.1, -0.05) is 30.3 Å². The van der Waals surface area contributed by atoms with Gasteiger partial charge in [0.25, 0.3) is 0 Å². The van der Waals surface area contributed by atoms with Crippen LogP contribution in [-0.2, 0) is 13.0 Å². The highest BCUT2D eigenvalue weighted by atomic mass is 16.1. The number of ketones is 1. The summed E-state index contributed by atoms with van der Waals surface area (Å²) in [6.07, 6.45) is 2.65. The number of aromatic nitrogens is 1. The van der Waals surface area contributed by atoms with Gasteiger partial charge in [0.05, 0.1) is 0 Å². The lowest BCUT2D eigenvalue weighted by molar-refractivity contribution is 0.0973. The Labute approximate surface area is 136 Å². The molecule has 0 aliphatic heterocycles. The Hall–Kier alpha value is -2.35. The second kappa shape index (κ2) is 5.38. The fourth-order valence-electron chi connectivity index (χ4n) is 3.72. The van der Waals surface area contributed by atoms with Gasteiger partial charge in [0.1, 0.15) is 0 Å². The van der Waals surface area contributed by atoms with Crippen molar-refractivity contribution in [3.8, 4) is 0 Å². The maximum atomic E-state index is 12.5. The molecule has 4 rings (SSSR count). The molecule has 0 bridgehead atoms. The van der Waals surface area contributed by atoms with Gasteiger partial charge >= 0.3 is 0 Å². The topological polar surface area (TPSA) is 22.0 Å². The summed E-state index contributed by atoms with van der Waals surface area (Å²) in [5, 5.41) is 1.14. The Balaban J connectivity index is 1.99. The summed E-state index contributed by atoms with van der Waals surface area (Å²) in [4.78, 5) is 12.5. The number of hydrogen-bond acceptors (Lipinski definition) is 1. The molecule has 0 radical (unpaired) electrons. The number of benzene rings is 2. The number of carbonyl (C=O) groups excluding carboxylic acids is 1. The highest BCUT2D eigenvalue weighted by molar-refractivity contribution is 6.10. The molecule has 1 aliphatic carbocycles. The second-order valence-corrected chi connectivity index (χ2v) is 6.62. The first-order valence-corrected chi connectivity index (χ1v) is 8.34. The summed E-state index contributed by atoms with van der Waals surface area (Å²) in [5.41, 5.74) is 7.24. The molecular weight excluding hydrogens is 282 g/mol. The van der Waals surface area contributed by atoms with E-state index in [2.05, 4.69) is 54.8 Å². The molecule has 0 spiro atoms. The lowest BCUT2D eigenvalue weighted by Crippen LogP contribution is -2.13. The van der Waals surface area contributed by atoms with Gasteiger partial charge < -0.3 is 4.57 Å². The van der Waals surface area contributed by atoms with E-state index >= 15 is 0 Å². The Morgan fingerprint density at radius 1 is 1.00 bits per heavy atom. The lowest BCUT2D eigenvalue weighted by Gasteiger charge is -2.15. The minimum atomic E-state index is 0.311. The van der Waals surface area contributed by atoms with Crippen LogP contribution in [0, 0.1) is 13.8 Å². The predicted octanol–water partition coefficient (Wildman–Crippen LogP) is 4.83. The average molecular weight is 303 g/mol. The number of aryl methyl sites for hydroxylation is 2. The van der Waals surface area contributed by atoms with Crippen molar-refractivity contribution in [2.45, 2.75) is 39.7 Å². The smallest absolute Gasteiger partial charge is 0.165 e. The molecule has 116 valence electrons. The molecule has 1 aliphatic rings. The van der Waals surface area contributed by atoms with Crippen LogP contribution in [0.1, 0.15) is 45.6 Å². The third-order valence-corrected chi connectivity index (χ3v) is 5.07. The van der Waals surface area contributed by atoms with Crippen LogP contribution < -0.4 is 0 Å². The van der Waals surface area contributed by atoms with Crippen molar-refractivity contribution in [1.29, 1.82) is 0 Å². The fraction of sp³-hybridized carbons (Fsp3) is 0.286. The number of hydrogen-bond donors (Lipinski definition) is 0. The molecule has 0 N–H and O–H groups in total. The van der Waals surface area contributed by atoms with E-state index in [4.69, 9.17) is 0 Å². The molecule has 3 aromatic rings. The van der Waals surface area contributed by atoms with E-state index in [0.717, 1.165) is 30.3 Å². The third-order valence-electron chi connectivity index (χ3n) is 5.07. The summed E-state index contributed by atoms with van der Waals surface area (Å²) in [6.45, 7) is 5.11. The van der Waals surface area contributed by atoms with E-state index in [0.29, 0.717) is 12.2 Å². The van der Waals surface area contributed by atoms with Gasteiger partial charge in [-0.15, -0.1) is 0 Å². The molecule has 0 atom stereocenters. The highest BCUT2D eigenvalue weighted by Crippen LogP contribution is 2.34. The predicted molar refractivity (Wildman–Crippen MR) is 94.2 cm³/mol. The van der Waals surface area contributed by atoms with Gasteiger partial charge in [0.2, 0.25) is 0 Å². The van der Waals surface area contributed by atoms with E-state index in [-0.39, 0.29) is 0 Å². The summed E-state index contributed by atoms with van der Waals surface area (Å²) in [5.74, 6) is 0.311. The van der Waals surface area contributed by atoms with Crippen LogP contribution in [0.3, 0.4) is 0 Å². The Morgan fingerprint density at radius 2 is 1.74 bits per heavy atom. The Morgan fingerprint density at radius 3 is 2.52 bits per heavy atom. The zero-order valence-electron chi connectivity index (χ0n) is 13.7. The Bertz CT molecular complexity index is 903. The fourth-order valence-corrected chi connectivity index (χ4v) is 3.72. The zero-order chi connectivity index (χ0) is 16.0. The molecule has 23 heavy (non-hydrogen) atoms. The molecule has 1 aromatic heterocycles. The summed E-state index contributed by atoms with van der Waals surface area (Å²) < 4.78 is 2.36. The van der Waals surface area contributed by atoms with E-state index in [1.165, 1.54) is 27.9 Å². The van der Waals surface area contributed by atoms with Crippen LogP contribution in [0.5, 0.6) is 0 Å². The van der Waals surface area contributed by atoms with E-state index in [1.54, 1.807) is 0 Å². The minimum absolute atomic E-state index is 0.311. The Kier molecular flexibility index (Phi) is 3.33. The molecule has 0 unspecified atom stereocenters. The van der Waals surface area contributed by atoms with Crippen molar-refractivity contribution in [3.05, 3.63) is 70.4 Å². The largest absolute Gasteiger partial charge is 0.339 e. The van der Waals surface area contributed by atoms with E-state index in [1.807, 2.05) is 6.07 Å². The van der Waals surface area contributed by atoms with Gasteiger partial charge in [-0.3, -0.25) is 4.79 Å². The molecule has 2 heteroatoms. The number of carbonyl (C=O) groups is 1. The van der Waals surface area contributed by atoms with Crippen molar-refractivity contribution >= 4 is 16.7 Å². The first kappa shape index (κ1) is 14.3. The van der Waals surface area contributed by atoms with E-state index < -0.39 is 0 Å². The average Bonchev–Trinajstić information content (AvgIpc) is 2.84. The molecule has 2 aromatic carbocycles. The minimum Gasteiger partial charge on any atom is -0.339 e. The standard InChI is InChI=1S/C21H21NO/c1-14-11-17-19(12-15(14)2)22(13-16-7-4-3-5-8-16)18-9-6-10-20(23)21(17)18/h3-5,7-8,11-12H,6,9-10,13H2,1-2H3. The van der Waals surface area contributed by atoms with Crippen molar-refractivity contribution in [2.24, 2.45) is 0 Å². The van der Waals surface area contributed by atoms with Gasteiger partial charge in [0.15, 0.2) is 5.78 Å². The number of Topliss-reactive ketones (excluding diaryl/α,β-unsaturated/α-hetero) is 1. The maximum Gasteiger partial charge on any atom is 0.165 e. The summed E-state index contributed by atoms with van der Waals surface area (Å²) in [7, 11) is 0. The first-order valence-electron chi connectivity index (χ1n) is 8.34. The van der Waals surface area contributed by atoms with Crippen molar-refractivity contribution in [2.75, 3.05) is 0 Å². The number of rotatable bonds is 2. The first-order chi connectivity index (χ1) is 11.1. The van der Waals surface area contributed by atoms with Gasteiger partial charge in [-0.25, -0.2) is 0 Å². The second-order valence-electron chi connectivity index (χ2n) is 6.62. The monoisotopic (exact) mass is 303 g/mol. The molecule has 0 saturated carbocycles. The molecule has 0 saturated heterocycles. The quantitative estimate of drug-likeness (QED) is 0.665. The zero-order valence-corrected chi connectivity index (χ0v) is 13.7. The molecule has 0 fully saturated rings. The highest BCUT2D eigenvalue weighted by Gasteiger charge is 2.26. The molecule has 2 nitrogen and oxygen atoms in total. The van der Waals surface area contributed by atoms with E-state index in [9.17, 15) is 4.79 Å². The third kappa shape index (κ3) is 2.29. The maximum absolute atomic E-state index is 12.5. The molecular formula is C21H21NO. The van der Waals surface area contributed by atoms with Gasteiger partial charge in [-0.05, 0) is 55.5 Å². The van der Waals surface area contributed by atoms with Crippen LogP contribution in [-0.4, -0.2) is 10.4 Å². The van der Waals surface area contributed by atoms with Gasteiger partial charge in [0, 0.05) is 35.1 Å². The number of nitrogens with zero attached hydrogens (tertiary/aromatic N) is 1. The molecule has 1 heterocycles. The van der Waals surface area contributed by atoms with Crippen molar-refractivity contribution in [1.82, 2.24) is 4.57 Å². The van der Waals surface area contributed by atoms with Crippen LogP contribution in [0.25, 0.3) is 10.9 Å². The van der Waals surface area contributed by atoms with Crippen molar-refractivity contribution < 1.29 is 4.79 Å². The lowest BCUT2D eigenvalue weighted by atomic mass is 9.93. The van der Waals surface area contributed by atoms with Crippen LogP contribution in [0.4, 0.5) is 0 Å². The van der Waals surface area contributed by atoms with Crippen LogP contribution in [0.2, 0.25) is 0 Å². The van der Waals surface area contributed by atoms with Crippen LogP contribution >= 0.6 is 0 Å². The normalized spacial score (nSPS) is 14.3. The summed E-state index contributed by atoms with van der Waals surface area (Å²) >= 11 is 0. The molecule has 0 amide bonds. The summed E-state index contributed by atoms with van der Waals surface area (Å²) in [6, 6.07) is 15.0. The SMILES string of the molecule is Cc1cc2c3c(n(Cc4ccccc4)c2cc1C)CCCC3=O. The van der Waals surface area contributed by atoms with Crippen molar-refractivity contribution in [3.63, 3.8) is 0 Å². The van der Waals surface area contributed by atoms with Gasteiger partial charge in [-0.2, -0.15) is 0 Å².